The highest BCUT2D eigenvalue weighted by atomic mass is 16.6. The average Bonchev–Trinajstić information content (AvgIpc) is 2.41. The highest BCUT2D eigenvalue weighted by Crippen LogP contribution is 2.24. The number of nitro groups is 1. The number of ether oxygens (including phenoxy) is 1. The van der Waals surface area contributed by atoms with E-state index in [2.05, 4.69) is 5.32 Å². The minimum atomic E-state index is -1.33. The van der Waals surface area contributed by atoms with Crippen LogP contribution >= 0.6 is 0 Å². The Morgan fingerprint density at radius 3 is 2.70 bits per heavy atom. The third-order valence-electron chi connectivity index (χ3n) is 3.22. The number of nitro benzene ring substituents is 1. The second kappa shape index (κ2) is 5.71. The van der Waals surface area contributed by atoms with Gasteiger partial charge in [0.15, 0.2) is 6.23 Å². The molecule has 0 aromatic heterocycles. The minimum absolute atomic E-state index is 0.0547. The number of benzene rings is 1. The molecule has 1 fully saturated rings. The number of hydrogen-bond donors (Lipinski definition) is 4. The Kier molecular flexibility index (Phi) is 4.19. The van der Waals surface area contributed by atoms with Gasteiger partial charge < -0.3 is 25.4 Å². The van der Waals surface area contributed by atoms with Crippen LogP contribution in [0.5, 0.6) is 0 Å². The minimum Gasteiger partial charge on any atom is -0.388 e. The zero-order valence-electron chi connectivity index (χ0n) is 10.8. The summed E-state index contributed by atoms with van der Waals surface area (Å²) in [7, 11) is 0. The Morgan fingerprint density at radius 1 is 1.35 bits per heavy atom. The smallest absolute Gasteiger partial charge is 0.274 e. The van der Waals surface area contributed by atoms with E-state index in [-0.39, 0.29) is 12.3 Å². The monoisotopic (exact) mass is 284 g/mol. The van der Waals surface area contributed by atoms with E-state index in [1.54, 1.807) is 19.1 Å². The standard InChI is InChI=1S/C12H16N2O6/c1-6-2-3-7(4-8(6)14(18)19)13-12-11(17)10(16)9(15)5-20-12/h2-4,9-13,15-17H,5H2,1H3/t9-,10-,11+,12+/m1/s1. The van der Waals surface area contributed by atoms with Gasteiger partial charge in [0.2, 0.25) is 0 Å². The SMILES string of the molecule is Cc1ccc(N[C@H]2OC[C@@H](O)[C@@H](O)[C@@H]2O)cc1[N+](=O)[O-]. The molecule has 20 heavy (non-hydrogen) atoms. The quantitative estimate of drug-likeness (QED) is 0.445. The molecule has 0 aliphatic carbocycles. The number of nitrogens with zero attached hydrogens (tertiary/aromatic N) is 1. The number of aryl methyl sites for hydroxylation is 1. The second-order valence-electron chi connectivity index (χ2n) is 4.71. The molecule has 0 bridgehead atoms. The molecule has 1 saturated heterocycles. The van der Waals surface area contributed by atoms with Crippen molar-refractivity contribution < 1.29 is 25.0 Å². The molecule has 1 aliphatic rings. The van der Waals surface area contributed by atoms with E-state index >= 15 is 0 Å². The van der Waals surface area contributed by atoms with Gasteiger partial charge in [-0.3, -0.25) is 10.1 Å². The average molecular weight is 284 g/mol. The Hall–Kier alpha value is -1.74. The van der Waals surface area contributed by atoms with Crippen LogP contribution in [0.15, 0.2) is 18.2 Å². The van der Waals surface area contributed by atoms with Gasteiger partial charge in [0.25, 0.3) is 5.69 Å². The molecule has 0 spiro atoms. The lowest BCUT2D eigenvalue weighted by Gasteiger charge is -2.35. The molecular weight excluding hydrogens is 268 g/mol. The molecule has 2 rings (SSSR count). The van der Waals surface area contributed by atoms with Crippen molar-refractivity contribution in [3.63, 3.8) is 0 Å². The van der Waals surface area contributed by atoms with E-state index in [1.807, 2.05) is 0 Å². The van der Waals surface area contributed by atoms with Crippen molar-refractivity contribution in [2.75, 3.05) is 11.9 Å². The van der Waals surface area contributed by atoms with Gasteiger partial charge >= 0.3 is 0 Å². The maximum Gasteiger partial charge on any atom is 0.274 e. The zero-order valence-corrected chi connectivity index (χ0v) is 10.8. The van der Waals surface area contributed by atoms with Crippen LogP contribution in [0, 0.1) is 17.0 Å². The molecule has 110 valence electrons. The highest BCUT2D eigenvalue weighted by Gasteiger charge is 2.37. The summed E-state index contributed by atoms with van der Waals surface area (Å²) >= 11 is 0. The van der Waals surface area contributed by atoms with E-state index in [0.717, 1.165) is 0 Å². The first-order valence-corrected chi connectivity index (χ1v) is 6.07. The summed E-state index contributed by atoms with van der Waals surface area (Å²) in [6.07, 6.45) is -4.77. The summed E-state index contributed by atoms with van der Waals surface area (Å²) in [5, 5.41) is 42.3. The van der Waals surface area contributed by atoms with Crippen LogP contribution in [-0.4, -0.2) is 51.4 Å². The largest absolute Gasteiger partial charge is 0.388 e. The van der Waals surface area contributed by atoms with Gasteiger partial charge in [0, 0.05) is 17.3 Å². The summed E-state index contributed by atoms with van der Waals surface area (Å²) in [5.74, 6) is 0. The van der Waals surface area contributed by atoms with Gasteiger partial charge in [-0.25, -0.2) is 0 Å². The summed E-state index contributed by atoms with van der Waals surface area (Å²) < 4.78 is 5.17. The van der Waals surface area contributed by atoms with Gasteiger partial charge in [-0.2, -0.15) is 0 Å². The molecule has 1 heterocycles. The maximum atomic E-state index is 10.8. The lowest BCUT2D eigenvalue weighted by Crippen LogP contribution is -2.55. The fraction of sp³-hybridized carbons (Fsp3) is 0.500. The summed E-state index contributed by atoms with van der Waals surface area (Å²) in [4.78, 5) is 10.3. The normalized spacial score (nSPS) is 30.0. The molecule has 0 amide bonds. The first kappa shape index (κ1) is 14.7. The van der Waals surface area contributed by atoms with Gasteiger partial charge in [0.1, 0.15) is 18.3 Å². The molecule has 0 unspecified atom stereocenters. The molecule has 4 atom stereocenters. The lowest BCUT2D eigenvalue weighted by atomic mass is 10.0. The Balaban J connectivity index is 2.14. The first-order chi connectivity index (χ1) is 9.40. The number of anilines is 1. The maximum absolute atomic E-state index is 10.8. The van der Waals surface area contributed by atoms with Crippen LogP contribution in [0.1, 0.15) is 5.56 Å². The van der Waals surface area contributed by atoms with Crippen molar-refractivity contribution in [3.05, 3.63) is 33.9 Å². The molecule has 0 radical (unpaired) electrons. The van der Waals surface area contributed by atoms with Gasteiger partial charge in [-0.05, 0) is 13.0 Å². The molecule has 4 N–H and O–H groups in total. The third kappa shape index (κ3) is 2.88. The number of hydrogen-bond acceptors (Lipinski definition) is 7. The van der Waals surface area contributed by atoms with Crippen molar-refractivity contribution in [2.24, 2.45) is 0 Å². The van der Waals surface area contributed by atoms with Crippen molar-refractivity contribution in [1.29, 1.82) is 0 Å². The summed E-state index contributed by atoms with van der Waals surface area (Å²) in [6, 6.07) is 4.50. The molecule has 8 nitrogen and oxygen atoms in total. The van der Waals surface area contributed by atoms with Gasteiger partial charge in [-0.15, -0.1) is 0 Å². The van der Waals surface area contributed by atoms with Crippen LogP contribution in [0.4, 0.5) is 11.4 Å². The van der Waals surface area contributed by atoms with E-state index < -0.39 is 29.5 Å². The molecular formula is C12H16N2O6. The van der Waals surface area contributed by atoms with Crippen molar-refractivity contribution in [2.45, 2.75) is 31.5 Å². The fourth-order valence-electron chi connectivity index (χ4n) is 1.99. The van der Waals surface area contributed by atoms with Crippen LogP contribution < -0.4 is 5.32 Å². The van der Waals surface area contributed by atoms with Crippen LogP contribution in [0.2, 0.25) is 0 Å². The predicted octanol–water partition coefficient (Wildman–Crippen LogP) is -0.246. The predicted molar refractivity (Wildman–Crippen MR) is 69.2 cm³/mol. The summed E-state index contributed by atoms with van der Waals surface area (Å²) in [6.45, 7) is 1.48. The molecule has 8 heteroatoms. The van der Waals surface area contributed by atoms with Gasteiger partial charge in [0.05, 0.1) is 11.5 Å². The zero-order chi connectivity index (χ0) is 14.9. The number of aliphatic hydroxyl groups is 3. The fourth-order valence-corrected chi connectivity index (χ4v) is 1.99. The van der Waals surface area contributed by atoms with Crippen molar-refractivity contribution >= 4 is 11.4 Å². The second-order valence-corrected chi connectivity index (χ2v) is 4.71. The number of aliphatic hydroxyl groups excluding tert-OH is 3. The number of nitrogens with one attached hydrogen (secondary N) is 1. The lowest BCUT2D eigenvalue weighted by molar-refractivity contribution is -0.385. The van der Waals surface area contributed by atoms with E-state index in [4.69, 9.17) is 4.74 Å². The Labute approximate surface area is 114 Å². The topological polar surface area (TPSA) is 125 Å². The van der Waals surface area contributed by atoms with Gasteiger partial charge in [-0.1, -0.05) is 6.07 Å². The third-order valence-corrected chi connectivity index (χ3v) is 3.22. The summed E-state index contributed by atoms with van der Waals surface area (Å²) in [5.41, 5.74) is 0.844. The van der Waals surface area contributed by atoms with E-state index in [9.17, 15) is 25.4 Å². The van der Waals surface area contributed by atoms with Crippen molar-refractivity contribution in [3.8, 4) is 0 Å². The molecule has 0 saturated carbocycles. The number of rotatable bonds is 3. The van der Waals surface area contributed by atoms with E-state index in [0.29, 0.717) is 11.3 Å². The Bertz CT molecular complexity index is 509. The van der Waals surface area contributed by atoms with Crippen LogP contribution in [0.25, 0.3) is 0 Å². The van der Waals surface area contributed by atoms with Crippen LogP contribution in [0.3, 0.4) is 0 Å². The molecule has 1 aliphatic heterocycles. The van der Waals surface area contributed by atoms with Crippen LogP contribution in [-0.2, 0) is 4.74 Å². The first-order valence-electron chi connectivity index (χ1n) is 6.07. The van der Waals surface area contributed by atoms with Crippen molar-refractivity contribution in [1.82, 2.24) is 0 Å². The highest BCUT2D eigenvalue weighted by molar-refractivity contribution is 5.55. The molecule has 1 aromatic carbocycles. The Morgan fingerprint density at radius 2 is 2.05 bits per heavy atom. The van der Waals surface area contributed by atoms with E-state index in [1.165, 1.54) is 6.07 Å². The molecule has 1 aromatic rings.